The SMILES string of the molecule is C[C@H]1CN([C@@H](C)CO)C(=O)Cc2cc(NC(=O)Nc3ccc(C(F)(F)F)cc3)ccc2O[C@H]1CN(C)S(=O)(=O)c1ccc(Cl)cc1. The number of aliphatic hydroxyl groups excluding tert-OH is 1. The summed E-state index contributed by atoms with van der Waals surface area (Å²) < 4.78 is 72.8. The molecule has 0 fully saturated rings. The Morgan fingerprint density at radius 3 is 2.30 bits per heavy atom. The van der Waals surface area contributed by atoms with E-state index in [1.54, 1.807) is 13.0 Å². The summed E-state index contributed by atoms with van der Waals surface area (Å²) in [7, 11) is -2.50. The van der Waals surface area contributed by atoms with E-state index in [-0.39, 0.29) is 54.2 Å². The summed E-state index contributed by atoms with van der Waals surface area (Å²) in [5.74, 6) is -0.388. The molecule has 1 aliphatic heterocycles. The van der Waals surface area contributed by atoms with Crippen molar-refractivity contribution in [3.63, 3.8) is 0 Å². The molecule has 248 valence electrons. The Balaban J connectivity index is 1.58. The molecular weight excluding hydrogens is 649 g/mol. The number of hydrogen-bond donors (Lipinski definition) is 3. The molecule has 1 heterocycles. The minimum absolute atomic E-state index is 0.0477. The number of likely N-dealkylation sites (N-methyl/N-ethyl adjacent to an activating group) is 1. The predicted octanol–water partition coefficient (Wildman–Crippen LogP) is 5.47. The van der Waals surface area contributed by atoms with Gasteiger partial charge in [0.25, 0.3) is 0 Å². The maximum atomic E-state index is 13.5. The molecule has 3 aromatic rings. The van der Waals surface area contributed by atoms with Gasteiger partial charge in [-0.1, -0.05) is 18.5 Å². The zero-order chi connectivity index (χ0) is 33.8. The lowest BCUT2D eigenvalue weighted by atomic mass is 10.0. The van der Waals surface area contributed by atoms with Crippen molar-refractivity contribution in [1.82, 2.24) is 9.21 Å². The van der Waals surface area contributed by atoms with Crippen LogP contribution < -0.4 is 15.4 Å². The molecule has 3 amide bonds. The minimum Gasteiger partial charge on any atom is -0.488 e. The second-order valence-corrected chi connectivity index (χ2v) is 13.6. The van der Waals surface area contributed by atoms with Gasteiger partial charge in [-0.25, -0.2) is 13.2 Å². The van der Waals surface area contributed by atoms with Crippen LogP contribution in [0.2, 0.25) is 5.02 Å². The number of fused-ring (bicyclic) bond motifs is 1. The number of carbonyl (C=O) groups is 2. The van der Waals surface area contributed by atoms with E-state index in [0.29, 0.717) is 16.3 Å². The highest BCUT2D eigenvalue weighted by Gasteiger charge is 2.34. The minimum atomic E-state index is -4.51. The predicted molar refractivity (Wildman–Crippen MR) is 167 cm³/mol. The van der Waals surface area contributed by atoms with Crippen molar-refractivity contribution >= 4 is 44.9 Å². The maximum absolute atomic E-state index is 13.5. The lowest BCUT2D eigenvalue weighted by molar-refractivity contribution is -0.137. The fourth-order valence-electron chi connectivity index (χ4n) is 4.90. The van der Waals surface area contributed by atoms with E-state index in [2.05, 4.69) is 10.6 Å². The van der Waals surface area contributed by atoms with Gasteiger partial charge >= 0.3 is 12.2 Å². The van der Waals surface area contributed by atoms with Crippen molar-refractivity contribution in [1.29, 1.82) is 0 Å². The molecule has 0 radical (unpaired) electrons. The highest BCUT2D eigenvalue weighted by molar-refractivity contribution is 7.89. The Kier molecular flexibility index (Phi) is 10.9. The quantitative estimate of drug-likeness (QED) is 0.289. The Morgan fingerprint density at radius 1 is 1.09 bits per heavy atom. The van der Waals surface area contributed by atoms with Crippen LogP contribution in [-0.2, 0) is 27.4 Å². The average Bonchev–Trinajstić information content (AvgIpc) is 3.04. The van der Waals surface area contributed by atoms with Gasteiger partial charge in [0.2, 0.25) is 15.9 Å². The van der Waals surface area contributed by atoms with Gasteiger partial charge in [-0.15, -0.1) is 0 Å². The molecule has 0 spiro atoms. The number of urea groups is 1. The van der Waals surface area contributed by atoms with Crippen LogP contribution in [0.5, 0.6) is 5.75 Å². The first-order valence-electron chi connectivity index (χ1n) is 14.3. The van der Waals surface area contributed by atoms with Crippen LogP contribution >= 0.6 is 11.6 Å². The summed E-state index contributed by atoms with van der Waals surface area (Å²) >= 11 is 5.93. The molecule has 0 aromatic heterocycles. The number of aliphatic hydroxyl groups is 1. The highest BCUT2D eigenvalue weighted by Crippen LogP contribution is 2.31. The van der Waals surface area contributed by atoms with Crippen LogP contribution in [0, 0.1) is 5.92 Å². The first kappa shape index (κ1) is 35.0. The number of alkyl halides is 3. The van der Waals surface area contributed by atoms with Gasteiger partial charge in [-0.3, -0.25) is 4.79 Å². The van der Waals surface area contributed by atoms with E-state index < -0.39 is 39.9 Å². The van der Waals surface area contributed by atoms with Crippen molar-refractivity contribution in [2.24, 2.45) is 5.92 Å². The molecule has 1 aliphatic rings. The van der Waals surface area contributed by atoms with Crippen molar-refractivity contribution in [2.75, 3.05) is 37.4 Å². The lowest BCUT2D eigenvalue weighted by Crippen LogP contribution is -2.48. The van der Waals surface area contributed by atoms with Crippen LogP contribution in [0.3, 0.4) is 0 Å². The second kappa shape index (κ2) is 14.3. The fourth-order valence-corrected chi connectivity index (χ4v) is 6.21. The van der Waals surface area contributed by atoms with Gasteiger partial charge in [0, 0.05) is 41.5 Å². The van der Waals surface area contributed by atoms with E-state index in [0.717, 1.165) is 28.6 Å². The number of anilines is 2. The molecule has 3 N–H and O–H groups in total. The van der Waals surface area contributed by atoms with Crippen molar-refractivity contribution in [3.8, 4) is 5.75 Å². The number of ether oxygens (including phenoxy) is 1. The van der Waals surface area contributed by atoms with E-state index in [4.69, 9.17) is 16.3 Å². The Morgan fingerprint density at radius 2 is 1.70 bits per heavy atom. The van der Waals surface area contributed by atoms with E-state index in [1.807, 2.05) is 6.92 Å². The van der Waals surface area contributed by atoms with Crippen LogP contribution in [0.15, 0.2) is 71.6 Å². The summed E-state index contributed by atoms with van der Waals surface area (Å²) in [6, 6.07) is 13.1. The molecule has 3 aromatic carbocycles. The molecule has 4 rings (SSSR count). The van der Waals surface area contributed by atoms with Crippen LogP contribution in [0.4, 0.5) is 29.3 Å². The monoisotopic (exact) mass is 682 g/mol. The van der Waals surface area contributed by atoms with E-state index in [1.165, 1.54) is 48.3 Å². The van der Waals surface area contributed by atoms with Crippen LogP contribution in [0.25, 0.3) is 0 Å². The van der Waals surface area contributed by atoms with E-state index >= 15 is 0 Å². The number of nitrogens with zero attached hydrogens (tertiary/aromatic N) is 2. The molecular formula is C31H34ClF3N4O6S. The normalized spacial score (nSPS) is 18.1. The first-order valence-corrected chi connectivity index (χ1v) is 16.1. The third-order valence-electron chi connectivity index (χ3n) is 7.60. The smallest absolute Gasteiger partial charge is 0.416 e. The number of halogens is 4. The maximum Gasteiger partial charge on any atom is 0.416 e. The topological polar surface area (TPSA) is 128 Å². The first-order chi connectivity index (χ1) is 21.6. The molecule has 10 nitrogen and oxygen atoms in total. The highest BCUT2D eigenvalue weighted by atomic mass is 35.5. The summed E-state index contributed by atoms with van der Waals surface area (Å²) in [6.07, 6.45) is -5.39. The fraction of sp³-hybridized carbons (Fsp3) is 0.355. The molecule has 0 bridgehead atoms. The standard InChI is InChI=1S/C31H34ClF3N4O6S/c1-19-16-39(20(2)18-40)29(41)15-21-14-25(37-30(42)36-24-8-4-22(5-9-24)31(33,34)35)10-13-27(21)45-28(19)17-38(3)46(43,44)26-11-6-23(32)7-12-26/h4-14,19-20,28,40H,15-18H2,1-3H3,(H2,36,37,42)/t19-,20-,28-/m0/s1. The summed E-state index contributed by atoms with van der Waals surface area (Å²) in [6.45, 7) is 3.32. The molecule has 0 saturated carbocycles. The molecule has 0 aliphatic carbocycles. The van der Waals surface area contributed by atoms with Gasteiger partial charge in [0.1, 0.15) is 11.9 Å². The second-order valence-electron chi connectivity index (χ2n) is 11.1. The summed E-state index contributed by atoms with van der Waals surface area (Å²) in [5, 5.41) is 15.3. The lowest BCUT2D eigenvalue weighted by Gasteiger charge is -2.33. The molecule has 15 heteroatoms. The summed E-state index contributed by atoms with van der Waals surface area (Å²) in [5.41, 5.74) is -0.0519. The number of rotatable bonds is 8. The Labute approximate surface area is 270 Å². The number of sulfonamides is 1. The van der Waals surface area contributed by atoms with Crippen LogP contribution in [-0.4, -0.2) is 73.6 Å². The van der Waals surface area contributed by atoms with Gasteiger partial charge in [-0.2, -0.15) is 17.5 Å². The third-order valence-corrected chi connectivity index (χ3v) is 9.69. The largest absolute Gasteiger partial charge is 0.488 e. The molecule has 0 unspecified atom stereocenters. The van der Waals surface area contributed by atoms with Gasteiger partial charge < -0.3 is 25.4 Å². The van der Waals surface area contributed by atoms with Gasteiger partial charge in [0.05, 0.1) is 36.1 Å². The Hall–Kier alpha value is -3.85. The van der Waals surface area contributed by atoms with Crippen molar-refractivity contribution in [2.45, 2.75) is 43.5 Å². The van der Waals surface area contributed by atoms with E-state index in [9.17, 15) is 36.3 Å². The van der Waals surface area contributed by atoms with Crippen molar-refractivity contribution < 1.29 is 41.0 Å². The zero-order valence-corrected chi connectivity index (χ0v) is 26.8. The molecule has 46 heavy (non-hydrogen) atoms. The van der Waals surface area contributed by atoms with Crippen molar-refractivity contribution in [3.05, 3.63) is 82.9 Å². The van der Waals surface area contributed by atoms with Crippen LogP contribution in [0.1, 0.15) is 25.0 Å². The third kappa shape index (κ3) is 8.49. The van der Waals surface area contributed by atoms with Gasteiger partial charge in [-0.05, 0) is 73.7 Å². The number of benzene rings is 3. The Bertz CT molecular complexity index is 1660. The number of hydrogen-bond acceptors (Lipinski definition) is 6. The number of amides is 3. The number of nitrogens with one attached hydrogen (secondary N) is 2. The number of carbonyl (C=O) groups excluding carboxylic acids is 2. The average molecular weight is 683 g/mol. The summed E-state index contributed by atoms with van der Waals surface area (Å²) in [4.78, 5) is 27.7. The van der Waals surface area contributed by atoms with Gasteiger partial charge in [0.15, 0.2) is 0 Å². The molecule has 0 saturated heterocycles. The zero-order valence-electron chi connectivity index (χ0n) is 25.2. The molecule has 3 atom stereocenters.